The molecule has 0 saturated heterocycles. The minimum absolute atomic E-state index is 0.302. The minimum atomic E-state index is -0.302. The summed E-state index contributed by atoms with van der Waals surface area (Å²) in [5, 5.41) is 2.05. The highest BCUT2D eigenvalue weighted by molar-refractivity contribution is 7.09. The Morgan fingerprint density at radius 3 is 2.72 bits per heavy atom. The molecule has 0 aliphatic carbocycles. The maximum Gasteiger partial charge on any atom is 0.339 e. The SMILES string of the molecule is COC(=O)c1ccccc1N(C)Cc1cccs1. The average molecular weight is 261 g/mol. The number of esters is 1. The molecule has 0 N–H and O–H groups in total. The van der Waals surface area contributed by atoms with Gasteiger partial charge in [-0.15, -0.1) is 11.3 Å². The van der Waals surface area contributed by atoms with Crippen LogP contribution in [0.5, 0.6) is 0 Å². The predicted molar refractivity (Wildman–Crippen MR) is 74.2 cm³/mol. The van der Waals surface area contributed by atoms with Gasteiger partial charge in [-0.25, -0.2) is 4.79 Å². The number of rotatable bonds is 4. The molecule has 0 unspecified atom stereocenters. The van der Waals surface area contributed by atoms with Gasteiger partial charge in [-0.2, -0.15) is 0 Å². The number of hydrogen-bond acceptors (Lipinski definition) is 4. The normalized spacial score (nSPS) is 10.1. The van der Waals surface area contributed by atoms with Crippen LogP contribution in [0.25, 0.3) is 0 Å². The van der Waals surface area contributed by atoms with Crippen molar-refractivity contribution >= 4 is 23.0 Å². The standard InChI is InChI=1S/C14H15NO2S/c1-15(10-11-6-5-9-18-11)13-8-4-3-7-12(13)14(16)17-2/h3-9H,10H2,1-2H3. The molecule has 0 aliphatic rings. The molecule has 0 atom stereocenters. The maximum atomic E-state index is 11.7. The van der Waals surface area contributed by atoms with Gasteiger partial charge in [-0.1, -0.05) is 18.2 Å². The number of carbonyl (C=O) groups excluding carboxylic acids is 1. The third kappa shape index (κ3) is 2.71. The topological polar surface area (TPSA) is 29.5 Å². The zero-order valence-electron chi connectivity index (χ0n) is 10.4. The Bertz CT molecular complexity index is 522. The molecule has 3 nitrogen and oxygen atoms in total. The summed E-state index contributed by atoms with van der Waals surface area (Å²) in [5.41, 5.74) is 1.48. The fourth-order valence-corrected chi connectivity index (χ4v) is 2.57. The largest absolute Gasteiger partial charge is 0.465 e. The van der Waals surface area contributed by atoms with Gasteiger partial charge in [0.25, 0.3) is 0 Å². The van der Waals surface area contributed by atoms with Crippen molar-refractivity contribution in [2.75, 3.05) is 19.1 Å². The Hall–Kier alpha value is -1.81. The van der Waals surface area contributed by atoms with Crippen LogP contribution >= 0.6 is 11.3 Å². The summed E-state index contributed by atoms with van der Waals surface area (Å²) in [6.07, 6.45) is 0. The van der Waals surface area contributed by atoms with Gasteiger partial charge in [0.1, 0.15) is 0 Å². The van der Waals surface area contributed by atoms with Gasteiger partial charge in [0.15, 0.2) is 0 Å². The van der Waals surface area contributed by atoms with E-state index in [9.17, 15) is 4.79 Å². The molecule has 0 radical (unpaired) electrons. The van der Waals surface area contributed by atoms with Crippen LogP contribution in [-0.4, -0.2) is 20.1 Å². The highest BCUT2D eigenvalue weighted by Crippen LogP contribution is 2.22. The van der Waals surface area contributed by atoms with Crippen LogP contribution in [0, 0.1) is 0 Å². The molecule has 18 heavy (non-hydrogen) atoms. The van der Waals surface area contributed by atoms with E-state index in [4.69, 9.17) is 4.74 Å². The third-order valence-electron chi connectivity index (χ3n) is 2.69. The molecule has 2 aromatic rings. The average Bonchev–Trinajstić information content (AvgIpc) is 2.90. The van der Waals surface area contributed by atoms with E-state index >= 15 is 0 Å². The lowest BCUT2D eigenvalue weighted by molar-refractivity contribution is 0.0601. The van der Waals surface area contributed by atoms with E-state index in [1.54, 1.807) is 17.4 Å². The predicted octanol–water partition coefficient (Wildman–Crippen LogP) is 3.17. The number of thiophene rings is 1. The molecule has 1 aromatic carbocycles. The van der Waals surface area contributed by atoms with Crippen LogP contribution < -0.4 is 4.90 Å². The first-order chi connectivity index (χ1) is 8.72. The maximum absolute atomic E-state index is 11.7. The lowest BCUT2D eigenvalue weighted by Gasteiger charge is -2.20. The third-order valence-corrected chi connectivity index (χ3v) is 3.55. The van der Waals surface area contributed by atoms with Crippen LogP contribution in [0.3, 0.4) is 0 Å². The van der Waals surface area contributed by atoms with Crippen molar-refractivity contribution in [2.24, 2.45) is 0 Å². The fourth-order valence-electron chi connectivity index (χ4n) is 1.81. The first kappa shape index (κ1) is 12.6. The molecule has 0 saturated carbocycles. The van der Waals surface area contributed by atoms with Gasteiger partial charge >= 0.3 is 5.97 Å². The zero-order chi connectivity index (χ0) is 13.0. The molecule has 4 heteroatoms. The first-order valence-electron chi connectivity index (χ1n) is 5.63. The number of hydrogen-bond donors (Lipinski definition) is 0. The van der Waals surface area contributed by atoms with E-state index in [1.807, 2.05) is 31.3 Å². The molecule has 94 valence electrons. The number of nitrogens with zero attached hydrogens (tertiary/aromatic N) is 1. The second kappa shape index (κ2) is 5.69. The van der Waals surface area contributed by atoms with Gasteiger partial charge in [0.05, 0.1) is 24.9 Å². The van der Waals surface area contributed by atoms with E-state index in [0.29, 0.717) is 5.56 Å². The van der Waals surface area contributed by atoms with Crippen LogP contribution in [0.15, 0.2) is 41.8 Å². The Labute approximate surface area is 111 Å². The number of ether oxygens (including phenoxy) is 1. The van der Waals surface area contributed by atoms with Crippen molar-refractivity contribution in [1.82, 2.24) is 0 Å². The van der Waals surface area contributed by atoms with E-state index < -0.39 is 0 Å². The van der Waals surface area contributed by atoms with Crippen molar-refractivity contribution in [3.05, 3.63) is 52.2 Å². The Morgan fingerprint density at radius 2 is 2.06 bits per heavy atom. The van der Waals surface area contributed by atoms with Crippen molar-refractivity contribution in [3.8, 4) is 0 Å². The van der Waals surface area contributed by atoms with Crippen molar-refractivity contribution in [1.29, 1.82) is 0 Å². The van der Waals surface area contributed by atoms with Crippen LogP contribution in [0.4, 0.5) is 5.69 Å². The van der Waals surface area contributed by atoms with E-state index in [-0.39, 0.29) is 5.97 Å². The summed E-state index contributed by atoms with van der Waals surface area (Å²) in [5.74, 6) is -0.302. The van der Waals surface area contributed by atoms with Crippen molar-refractivity contribution in [2.45, 2.75) is 6.54 Å². The van der Waals surface area contributed by atoms with Crippen LogP contribution in [0.1, 0.15) is 15.2 Å². The lowest BCUT2D eigenvalue weighted by atomic mass is 10.1. The molecule has 2 rings (SSSR count). The smallest absolute Gasteiger partial charge is 0.339 e. The first-order valence-corrected chi connectivity index (χ1v) is 6.51. The summed E-state index contributed by atoms with van der Waals surface area (Å²) in [6, 6.07) is 11.6. The lowest BCUT2D eigenvalue weighted by Crippen LogP contribution is -2.19. The second-order valence-corrected chi connectivity index (χ2v) is 4.98. The molecule has 0 fully saturated rings. The number of carbonyl (C=O) groups is 1. The van der Waals surface area contributed by atoms with Gasteiger partial charge in [-0.3, -0.25) is 0 Å². The summed E-state index contributed by atoms with van der Waals surface area (Å²) >= 11 is 1.71. The van der Waals surface area contributed by atoms with E-state index in [0.717, 1.165) is 12.2 Å². The Kier molecular flexibility index (Phi) is 3.99. The summed E-state index contributed by atoms with van der Waals surface area (Å²) < 4.78 is 4.80. The second-order valence-electron chi connectivity index (χ2n) is 3.94. The van der Waals surface area contributed by atoms with Crippen LogP contribution in [0.2, 0.25) is 0 Å². The van der Waals surface area contributed by atoms with Gasteiger partial charge < -0.3 is 9.64 Å². The van der Waals surface area contributed by atoms with Gasteiger partial charge in [-0.05, 0) is 23.6 Å². The number of benzene rings is 1. The number of methoxy groups -OCH3 is 1. The molecule has 0 bridgehead atoms. The number of anilines is 1. The van der Waals surface area contributed by atoms with Gasteiger partial charge in [0.2, 0.25) is 0 Å². The van der Waals surface area contributed by atoms with E-state index in [2.05, 4.69) is 16.3 Å². The van der Waals surface area contributed by atoms with Crippen molar-refractivity contribution in [3.63, 3.8) is 0 Å². The Morgan fingerprint density at radius 1 is 1.28 bits per heavy atom. The van der Waals surface area contributed by atoms with E-state index in [1.165, 1.54) is 12.0 Å². The van der Waals surface area contributed by atoms with Crippen molar-refractivity contribution < 1.29 is 9.53 Å². The minimum Gasteiger partial charge on any atom is -0.465 e. The zero-order valence-corrected chi connectivity index (χ0v) is 11.2. The molecule has 0 spiro atoms. The molecular formula is C14H15NO2S. The summed E-state index contributed by atoms with van der Waals surface area (Å²) in [6.45, 7) is 0.783. The van der Waals surface area contributed by atoms with Crippen LogP contribution in [-0.2, 0) is 11.3 Å². The highest BCUT2D eigenvalue weighted by Gasteiger charge is 2.14. The molecule has 1 aromatic heterocycles. The molecule has 0 amide bonds. The fraction of sp³-hybridized carbons (Fsp3) is 0.214. The molecule has 1 heterocycles. The summed E-state index contributed by atoms with van der Waals surface area (Å²) in [4.78, 5) is 15.0. The quantitative estimate of drug-likeness (QED) is 0.792. The molecular weight excluding hydrogens is 246 g/mol. The monoisotopic (exact) mass is 261 g/mol. The Balaban J connectivity index is 2.24. The summed E-state index contributed by atoms with van der Waals surface area (Å²) in [7, 11) is 3.37. The highest BCUT2D eigenvalue weighted by atomic mass is 32.1. The van der Waals surface area contributed by atoms with Gasteiger partial charge in [0, 0.05) is 11.9 Å². The molecule has 0 aliphatic heterocycles. The number of para-hydroxylation sites is 1.